The van der Waals surface area contributed by atoms with Gasteiger partial charge in [0.2, 0.25) is 0 Å². The molecule has 1 aliphatic carbocycles. The molecule has 1 saturated carbocycles. The highest BCUT2D eigenvalue weighted by Gasteiger charge is 2.27. The number of rotatable bonds is 6. The van der Waals surface area contributed by atoms with Crippen LogP contribution in [-0.2, 0) is 12.4 Å². The van der Waals surface area contributed by atoms with Crippen LogP contribution in [0.15, 0.2) is 12.1 Å². The van der Waals surface area contributed by atoms with Gasteiger partial charge in [-0.25, -0.2) is 9.37 Å². The van der Waals surface area contributed by atoms with E-state index in [-0.39, 0.29) is 5.02 Å². The molecule has 6 heteroatoms. The first kappa shape index (κ1) is 15.1. The minimum atomic E-state index is -0.416. The van der Waals surface area contributed by atoms with Crippen molar-refractivity contribution in [1.29, 1.82) is 0 Å². The number of hydrogen-bond donors (Lipinski definition) is 0. The number of fused-ring (bicyclic) bond motifs is 1. The Bertz CT molecular complexity index is 652. The van der Waals surface area contributed by atoms with Crippen LogP contribution < -0.4 is 0 Å². The van der Waals surface area contributed by atoms with Gasteiger partial charge in [-0.15, -0.1) is 11.6 Å². The number of imidazole rings is 1. The number of aromatic nitrogens is 2. The largest absolute Gasteiger partial charge is 0.326 e. The molecule has 1 aromatic carbocycles. The molecule has 0 N–H and O–H groups in total. The molecule has 0 amide bonds. The third-order valence-electron chi connectivity index (χ3n) is 4.07. The second-order valence-electron chi connectivity index (χ2n) is 5.43. The predicted molar refractivity (Wildman–Crippen MR) is 84.5 cm³/mol. The van der Waals surface area contributed by atoms with Crippen molar-refractivity contribution < 1.29 is 4.39 Å². The van der Waals surface area contributed by atoms with Crippen LogP contribution in [0.5, 0.6) is 0 Å². The summed E-state index contributed by atoms with van der Waals surface area (Å²) in [5.74, 6) is 0.657. The van der Waals surface area contributed by atoms with Crippen molar-refractivity contribution in [3.8, 4) is 0 Å². The molecule has 1 heterocycles. The number of benzene rings is 1. The van der Waals surface area contributed by atoms with E-state index in [1.165, 1.54) is 18.9 Å². The Morgan fingerprint density at radius 3 is 2.81 bits per heavy atom. The first-order chi connectivity index (χ1) is 10.1. The number of hydrogen-bond acceptors (Lipinski definition) is 2. The number of alkyl halides is 1. The van der Waals surface area contributed by atoms with Gasteiger partial charge < -0.3 is 4.57 Å². The van der Waals surface area contributed by atoms with E-state index >= 15 is 0 Å². The molecular formula is C15H18Cl2FN3. The molecular weight excluding hydrogens is 312 g/mol. The molecule has 0 saturated heterocycles. The minimum absolute atomic E-state index is 0.0986. The Morgan fingerprint density at radius 1 is 1.43 bits per heavy atom. The molecule has 3 rings (SSSR count). The van der Waals surface area contributed by atoms with Crippen LogP contribution in [0.3, 0.4) is 0 Å². The Hall–Kier alpha value is -0.840. The molecule has 21 heavy (non-hydrogen) atoms. The van der Waals surface area contributed by atoms with Gasteiger partial charge in [-0.2, -0.15) is 0 Å². The van der Waals surface area contributed by atoms with E-state index < -0.39 is 5.82 Å². The number of nitrogens with zero attached hydrogens (tertiary/aromatic N) is 3. The van der Waals surface area contributed by atoms with E-state index in [0.717, 1.165) is 37.0 Å². The van der Waals surface area contributed by atoms with Crippen LogP contribution in [0.2, 0.25) is 5.02 Å². The highest BCUT2D eigenvalue weighted by Crippen LogP contribution is 2.27. The van der Waals surface area contributed by atoms with Gasteiger partial charge in [0.15, 0.2) is 0 Å². The second kappa shape index (κ2) is 6.11. The molecule has 0 radical (unpaired) electrons. The maximum atomic E-state index is 13.7. The third kappa shape index (κ3) is 3.03. The summed E-state index contributed by atoms with van der Waals surface area (Å²) in [6.07, 6.45) is 2.57. The zero-order valence-corrected chi connectivity index (χ0v) is 13.5. The van der Waals surface area contributed by atoms with Gasteiger partial charge >= 0.3 is 0 Å². The van der Waals surface area contributed by atoms with Gasteiger partial charge in [-0.1, -0.05) is 18.5 Å². The molecule has 0 spiro atoms. The normalized spacial score (nSPS) is 15.3. The summed E-state index contributed by atoms with van der Waals surface area (Å²) in [7, 11) is 0. The quantitative estimate of drug-likeness (QED) is 0.745. The van der Waals surface area contributed by atoms with Crippen molar-refractivity contribution in [3.63, 3.8) is 0 Å². The number of halogens is 3. The Morgan fingerprint density at radius 2 is 2.19 bits per heavy atom. The summed E-state index contributed by atoms with van der Waals surface area (Å²) in [6.45, 7) is 4.91. The van der Waals surface area contributed by atoms with E-state index in [1.54, 1.807) is 6.07 Å². The summed E-state index contributed by atoms with van der Waals surface area (Å²) in [5.41, 5.74) is 1.46. The van der Waals surface area contributed by atoms with Crippen LogP contribution in [0.4, 0.5) is 4.39 Å². The first-order valence-corrected chi connectivity index (χ1v) is 8.19. The molecule has 114 valence electrons. The van der Waals surface area contributed by atoms with Crippen LogP contribution in [0.25, 0.3) is 11.0 Å². The molecule has 0 aliphatic heterocycles. The average Bonchev–Trinajstić information content (AvgIpc) is 3.25. The topological polar surface area (TPSA) is 21.1 Å². The SMILES string of the molecule is CCN(CCn1c(CCl)nc2cc(Cl)c(F)cc21)C1CC1. The molecule has 1 fully saturated rings. The second-order valence-corrected chi connectivity index (χ2v) is 6.10. The van der Waals surface area contributed by atoms with Crippen LogP contribution in [-0.4, -0.2) is 33.6 Å². The number of likely N-dealkylation sites (N-methyl/N-ethyl adjacent to an activating group) is 1. The van der Waals surface area contributed by atoms with Gasteiger partial charge in [0.25, 0.3) is 0 Å². The fraction of sp³-hybridized carbons (Fsp3) is 0.533. The molecule has 1 aromatic heterocycles. The zero-order chi connectivity index (χ0) is 15.0. The van der Waals surface area contributed by atoms with Crippen molar-refractivity contribution >= 4 is 34.2 Å². The third-order valence-corrected chi connectivity index (χ3v) is 4.60. The van der Waals surface area contributed by atoms with Crippen molar-refractivity contribution in [3.05, 3.63) is 28.8 Å². The lowest BCUT2D eigenvalue weighted by Gasteiger charge is -2.20. The Labute approximate surface area is 133 Å². The highest BCUT2D eigenvalue weighted by atomic mass is 35.5. The maximum Gasteiger partial charge on any atom is 0.144 e. The van der Waals surface area contributed by atoms with E-state index in [9.17, 15) is 4.39 Å². The standard InChI is InChI=1S/C15H18Cl2FN3/c1-2-20(10-3-4-10)5-6-21-14-8-12(18)11(17)7-13(14)19-15(21)9-16/h7-8,10H,2-6,9H2,1H3. The lowest BCUT2D eigenvalue weighted by atomic mass is 10.3. The summed E-state index contributed by atoms with van der Waals surface area (Å²) in [5, 5.41) is 0.0986. The predicted octanol–water partition coefficient (Wildman–Crippen LogP) is 4.05. The van der Waals surface area contributed by atoms with Gasteiger partial charge in [0, 0.05) is 25.2 Å². The average molecular weight is 330 g/mol. The summed E-state index contributed by atoms with van der Waals surface area (Å²) in [6, 6.07) is 3.74. The van der Waals surface area contributed by atoms with E-state index in [2.05, 4.69) is 16.8 Å². The van der Waals surface area contributed by atoms with Crippen LogP contribution in [0.1, 0.15) is 25.6 Å². The molecule has 2 aromatic rings. The molecule has 0 bridgehead atoms. The maximum absolute atomic E-state index is 13.7. The van der Waals surface area contributed by atoms with Crippen molar-refractivity contribution in [2.75, 3.05) is 13.1 Å². The minimum Gasteiger partial charge on any atom is -0.326 e. The zero-order valence-electron chi connectivity index (χ0n) is 12.0. The molecule has 3 nitrogen and oxygen atoms in total. The van der Waals surface area contributed by atoms with E-state index in [4.69, 9.17) is 23.2 Å². The highest BCUT2D eigenvalue weighted by molar-refractivity contribution is 6.31. The fourth-order valence-electron chi connectivity index (χ4n) is 2.79. The van der Waals surface area contributed by atoms with Crippen molar-refractivity contribution in [2.24, 2.45) is 0 Å². The van der Waals surface area contributed by atoms with Gasteiger partial charge in [-0.3, -0.25) is 4.90 Å². The van der Waals surface area contributed by atoms with Gasteiger partial charge in [0.1, 0.15) is 11.6 Å². The molecule has 1 aliphatic rings. The summed E-state index contributed by atoms with van der Waals surface area (Å²) >= 11 is 11.8. The fourth-order valence-corrected chi connectivity index (χ4v) is 3.15. The van der Waals surface area contributed by atoms with E-state index in [1.807, 2.05) is 4.57 Å². The lowest BCUT2D eigenvalue weighted by molar-refractivity contribution is 0.266. The summed E-state index contributed by atoms with van der Waals surface area (Å²) < 4.78 is 15.7. The molecule has 0 atom stereocenters. The monoisotopic (exact) mass is 329 g/mol. The molecule has 0 unspecified atom stereocenters. The van der Waals surface area contributed by atoms with Crippen LogP contribution >= 0.6 is 23.2 Å². The Kier molecular flexibility index (Phi) is 4.38. The van der Waals surface area contributed by atoms with Gasteiger partial charge in [-0.05, 0) is 25.5 Å². The van der Waals surface area contributed by atoms with Crippen molar-refractivity contribution in [2.45, 2.75) is 38.2 Å². The smallest absolute Gasteiger partial charge is 0.144 e. The van der Waals surface area contributed by atoms with Crippen LogP contribution in [0, 0.1) is 5.82 Å². The lowest BCUT2D eigenvalue weighted by Crippen LogP contribution is -2.29. The Balaban J connectivity index is 1.90. The van der Waals surface area contributed by atoms with Crippen molar-refractivity contribution in [1.82, 2.24) is 14.5 Å². The first-order valence-electron chi connectivity index (χ1n) is 7.28. The van der Waals surface area contributed by atoms with E-state index in [0.29, 0.717) is 11.4 Å². The van der Waals surface area contributed by atoms with Gasteiger partial charge in [0.05, 0.1) is 21.9 Å². The summed E-state index contributed by atoms with van der Waals surface area (Å²) in [4.78, 5) is 6.91.